The summed E-state index contributed by atoms with van der Waals surface area (Å²) in [4.78, 5) is 0. The highest BCUT2D eigenvalue weighted by molar-refractivity contribution is 5.46. The lowest BCUT2D eigenvalue weighted by atomic mass is 10.1. The summed E-state index contributed by atoms with van der Waals surface area (Å²) in [6.07, 6.45) is 8.85. The third-order valence-electron chi connectivity index (χ3n) is 3.52. The standard InChI is InChI=1S/C18H30O3/c1-3-5-6-7-8-9-10-14-21-18-16(15-19)12-11-13-17(18)20-4-2/h11-13,19H,3-10,14-15H2,1-2H3. The van der Waals surface area contributed by atoms with Crippen LogP contribution in [-0.2, 0) is 6.61 Å². The van der Waals surface area contributed by atoms with Crippen molar-refractivity contribution in [3.05, 3.63) is 23.8 Å². The van der Waals surface area contributed by atoms with Crippen molar-refractivity contribution in [1.29, 1.82) is 0 Å². The molecule has 0 unspecified atom stereocenters. The van der Waals surface area contributed by atoms with E-state index in [4.69, 9.17) is 9.47 Å². The van der Waals surface area contributed by atoms with E-state index in [-0.39, 0.29) is 6.61 Å². The Morgan fingerprint density at radius 2 is 1.62 bits per heavy atom. The van der Waals surface area contributed by atoms with Crippen LogP contribution in [0.3, 0.4) is 0 Å². The van der Waals surface area contributed by atoms with Crippen LogP contribution in [0.5, 0.6) is 11.5 Å². The molecule has 0 atom stereocenters. The number of hydrogen-bond acceptors (Lipinski definition) is 3. The molecule has 0 aliphatic heterocycles. The summed E-state index contributed by atoms with van der Waals surface area (Å²) in [7, 11) is 0. The van der Waals surface area contributed by atoms with Gasteiger partial charge in [-0.3, -0.25) is 0 Å². The number of unbranched alkanes of at least 4 members (excludes halogenated alkanes) is 6. The predicted octanol–water partition coefficient (Wildman–Crippen LogP) is 4.71. The van der Waals surface area contributed by atoms with Crippen LogP contribution in [0.1, 0.15) is 64.4 Å². The molecule has 120 valence electrons. The fraction of sp³-hybridized carbons (Fsp3) is 0.667. The molecule has 0 fully saturated rings. The second-order valence-corrected chi connectivity index (χ2v) is 5.31. The van der Waals surface area contributed by atoms with Gasteiger partial charge in [0, 0.05) is 5.56 Å². The number of rotatable bonds is 12. The number of benzene rings is 1. The molecule has 3 heteroatoms. The molecule has 0 saturated heterocycles. The molecular weight excluding hydrogens is 264 g/mol. The van der Waals surface area contributed by atoms with Gasteiger partial charge in [0.15, 0.2) is 11.5 Å². The lowest BCUT2D eigenvalue weighted by Gasteiger charge is -2.15. The summed E-state index contributed by atoms with van der Waals surface area (Å²) in [6.45, 7) is 5.45. The van der Waals surface area contributed by atoms with Gasteiger partial charge < -0.3 is 14.6 Å². The molecule has 1 N–H and O–H groups in total. The van der Waals surface area contributed by atoms with E-state index in [1.54, 1.807) is 0 Å². The normalized spacial score (nSPS) is 10.6. The molecule has 0 aliphatic carbocycles. The van der Waals surface area contributed by atoms with Crippen LogP contribution < -0.4 is 9.47 Å². The first-order valence-electron chi connectivity index (χ1n) is 8.31. The summed E-state index contributed by atoms with van der Waals surface area (Å²) in [5.74, 6) is 1.43. The van der Waals surface area contributed by atoms with Gasteiger partial charge in [0.05, 0.1) is 19.8 Å². The zero-order valence-electron chi connectivity index (χ0n) is 13.6. The van der Waals surface area contributed by atoms with E-state index in [9.17, 15) is 5.11 Å². The number of aliphatic hydroxyl groups excluding tert-OH is 1. The van der Waals surface area contributed by atoms with Gasteiger partial charge in [0.2, 0.25) is 0 Å². The van der Waals surface area contributed by atoms with Gasteiger partial charge >= 0.3 is 0 Å². The summed E-state index contributed by atoms with van der Waals surface area (Å²) in [5, 5.41) is 9.40. The van der Waals surface area contributed by atoms with Crippen LogP contribution in [-0.4, -0.2) is 18.3 Å². The van der Waals surface area contributed by atoms with E-state index in [0.717, 1.165) is 17.7 Å². The maximum Gasteiger partial charge on any atom is 0.166 e. The molecule has 1 rings (SSSR count). The molecule has 0 aromatic heterocycles. The summed E-state index contributed by atoms with van der Waals surface area (Å²) < 4.78 is 11.4. The largest absolute Gasteiger partial charge is 0.490 e. The highest BCUT2D eigenvalue weighted by atomic mass is 16.5. The fourth-order valence-corrected chi connectivity index (χ4v) is 2.35. The summed E-state index contributed by atoms with van der Waals surface area (Å²) >= 11 is 0. The minimum absolute atomic E-state index is 0.0206. The van der Waals surface area contributed by atoms with Crippen molar-refractivity contribution in [3.8, 4) is 11.5 Å². The molecule has 1 aromatic carbocycles. The Kier molecular flexibility index (Phi) is 9.71. The van der Waals surface area contributed by atoms with Crippen LogP contribution in [0, 0.1) is 0 Å². The topological polar surface area (TPSA) is 38.7 Å². The van der Waals surface area contributed by atoms with Crippen molar-refractivity contribution in [2.75, 3.05) is 13.2 Å². The van der Waals surface area contributed by atoms with Crippen molar-refractivity contribution in [3.63, 3.8) is 0 Å². The van der Waals surface area contributed by atoms with E-state index >= 15 is 0 Å². The predicted molar refractivity (Wildman–Crippen MR) is 87.0 cm³/mol. The molecule has 0 saturated carbocycles. The van der Waals surface area contributed by atoms with Crippen LogP contribution in [0.4, 0.5) is 0 Å². The maximum atomic E-state index is 9.40. The second kappa shape index (κ2) is 11.4. The number of ether oxygens (including phenoxy) is 2. The average Bonchev–Trinajstić information content (AvgIpc) is 2.51. The van der Waals surface area contributed by atoms with Crippen molar-refractivity contribution in [2.24, 2.45) is 0 Å². The second-order valence-electron chi connectivity index (χ2n) is 5.31. The molecule has 3 nitrogen and oxygen atoms in total. The number of para-hydroxylation sites is 1. The minimum Gasteiger partial charge on any atom is -0.490 e. The fourth-order valence-electron chi connectivity index (χ4n) is 2.35. The third-order valence-corrected chi connectivity index (χ3v) is 3.52. The smallest absolute Gasteiger partial charge is 0.166 e. The van der Waals surface area contributed by atoms with Gasteiger partial charge in [-0.15, -0.1) is 0 Å². The van der Waals surface area contributed by atoms with Crippen LogP contribution in [0.15, 0.2) is 18.2 Å². The first-order valence-corrected chi connectivity index (χ1v) is 8.31. The monoisotopic (exact) mass is 294 g/mol. The highest BCUT2D eigenvalue weighted by Crippen LogP contribution is 2.31. The first-order chi connectivity index (χ1) is 10.3. The average molecular weight is 294 g/mol. The van der Waals surface area contributed by atoms with Gasteiger partial charge in [-0.25, -0.2) is 0 Å². The van der Waals surface area contributed by atoms with Crippen molar-refractivity contribution < 1.29 is 14.6 Å². The molecular formula is C18H30O3. The van der Waals surface area contributed by atoms with E-state index in [0.29, 0.717) is 19.0 Å². The molecule has 0 heterocycles. The van der Waals surface area contributed by atoms with Crippen molar-refractivity contribution in [1.82, 2.24) is 0 Å². The quantitative estimate of drug-likeness (QED) is 0.567. The van der Waals surface area contributed by atoms with Gasteiger partial charge in [-0.05, 0) is 19.4 Å². The van der Waals surface area contributed by atoms with E-state index in [1.165, 1.54) is 38.5 Å². The van der Waals surface area contributed by atoms with Crippen LogP contribution >= 0.6 is 0 Å². The first kappa shape index (κ1) is 17.8. The lowest BCUT2D eigenvalue weighted by Crippen LogP contribution is -2.04. The Hall–Kier alpha value is -1.22. The molecule has 0 radical (unpaired) electrons. The molecule has 0 amide bonds. The SMILES string of the molecule is CCCCCCCCCOc1c(CO)cccc1OCC. The molecule has 0 aliphatic rings. The Labute approximate surface area is 129 Å². The number of aliphatic hydroxyl groups is 1. The molecule has 0 spiro atoms. The Bertz CT molecular complexity index is 377. The Morgan fingerprint density at radius 3 is 2.29 bits per heavy atom. The van der Waals surface area contributed by atoms with E-state index < -0.39 is 0 Å². The lowest BCUT2D eigenvalue weighted by molar-refractivity contribution is 0.245. The van der Waals surface area contributed by atoms with Crippen LogP contribution in [0.25, 0.3) is 0 Å². The van der Waals surface area contributed by atoms with Crippen molar-refractivity contribution in [2.45, 2.75) is 65.4 Å². The molecule has 1 aromatic rings. The van der Waals surface area contributed by atoms with E-state index in [1.807, 2.05) is 25.1 Å². The highest BCUT2D eigenvalue weighted by Gasteiger charge is 2.10. The van der Waals surface area contributed by atoms with Gasteiger partial charge in [0.1, 0.15) is 0 Å². The van der Waals surface area contributed by atoms with Crippen molar-refractivity contribution >= 4 is 0 Å². The zero-order chi connectivity index (χ0) is 15.3. The summed E-state index contributed by atoms with van der Waals surface area (Å²) in [5.41, 5.74) is 0.795. The maximum absolute atomic E-state index is 9.40. The number of hydrogen-bond donors (Lipinski definition) is 1. The molecule has 21 heavy (non-hydrogen) atoms. The van der Waals surface area contributed by atoms with Gasteiger partial charge in [-0.1, -0.05) is 57.6 Å². The van der Waals surface area contributed by atoms with Crippen LogP contribution in [0.2, 0.25) is 0 Å². The Balaban J connectivity index is 2.33. The summed E-state index contributed by atoms with van der Waals surface area (Å²) in [6, 6.07) is 5.66. The van der Waals surface area contributed by atoms with E-state index in [2.05, 4.69) is 6.92 Å². The van der Waals surface area contributed by atoms with Gasteiger partial charge in [0.25, 0.3) is 0 Å². The zero-order valence-corrected chi connectivity index (χ0v) is 13.6. The van der Waals surface area contributed by atoms with Gasteiger partial charge in [-0.2, -0.15) is 0 Å². The minimum atomic E-state index is -0.0206. The third kappa shape index (κ3) is 6.85. The molecule has 0 bridgehead atoms. The Morgan fingerprint density at radius 1 is 0.905 bits per heavy atom.